The summed E-state index contributed by atoms with van der Waals surface area (Å²) in [5, 5.41) is 20.8. The van der Waals surface area contributed by atoms with Crippen molar-refractivity contribution in [1.29, 1.82) is 0 Å². The SMILES string of the molecule is CCOC(=O)c1ccc(/N=C/c2cc(Br)cc([N+](=O)[O-])c2O)cc1. The van der Waals surface area contributed by atoms with Crippen molar-refractivity contribution in [1.82, 2.24) is 0 Å². The Hall–Kier alpha value is -2.74. The summed E-state index contributed by atoms with van der Waals surface area (Å²) >= 11 is 3.15. The maximum absolute atomic E-state index is 11.6. The molecule has 0 radical (unpaired) electrons. The van der Waals surface area contributed by atoms with Gasteiger partial charge in [-0.25, -0.2) is 4.79 Å². The monoisotopic (exact) mass is 392 g/mol. The van der Waals surface area contributed by atoms with E-state index in [0.29, 0.717) is 22.3 Å². The van der Waals surface area contributed by atoms with Crippen LogP contribution >= 0.6 is 15.9 Å². The zero-order valence-electron chi connectivity index (χ0n) is 12.6. The molecule has 7 nitrogen and oxygen atoms in total. The van der Waals surface area contributed by atoms with Crippen LogP contribution in [0.3, 0.4) is 0 Å². The van der Waals surface area contributed by atoms with Crippen LogP contribution in [0.1, 0.15) is 22.8 Å². The molecule has 0 amide bonds. The van der Waals surface area contributed by atoms with Gasteiger partial charge in [0.15, 0.2) is 0 Å². The molecule has 2 aromatic carbocycles. The van der Waals surface area contributed by atoms with E-state index >= 15 is 0 Å². The highest BCUT2D eigenvalue weighted by molar-refractivity contribution is 9.10. The number of ether oxygens (including phenoxy) is 1. The van der Waals surface area contributed by atoms with Crippen molar-refractivity contribution < 1.29 is 19.6 Å². The molecular formula is C16H13BrN2O5. The van der Waals surface area contributed by atoms with Crippen molar-refractivity contribution in [2.45, 2.75) is 6.92 Å². The van der Waals surface area contributed by atoms with Crippen molar-refractivity contribution in [2.24, 2.45) is 4.99 Å². The van der Waals surface area contributed by atoms with Gasteiger partial charge < -0.3 is 9.84 Å². The van der Waals surface area contributed by atoms with Gasteiger partial charge >= 0.3 is 11.7 Å². The smallest absolute Gasteiger partial charge is 0.338 e. The van der Waals surface area contributed by atoms with Crippen LogP contribution in [0.5, 0.6) is 5.75 Å². The predicted octanol–water partition coefficient (Wildman–Crippen LogP) is 3.99. The van der Waals surface area contributed by atoms with Crippen LogP contribution in [-0.4, -0.2) is 28.8 Å². The third kappa shape index (κ3) is 4.17. The largest absolute Gasteiger partial charge is 0.502 e. The van der Waals surface area contributed by atoms with Gasteiger partial charge in [-0.2, -0.15) is 0 Å². The average molecular weight is 393 g/mol. The first-order valence-electron chi connectivity index (χ1n) is 6.90. The van der Waals surface area contributed by atoms with Gasteiger partial charge in [-0.15, -0.1) is 0 Å². The minimum absolute atomic E-state index is 0.200. The minimum Gasteiger partial charge on any atom is -0.502 e. The van der Waals surface area contributed by atoms with E-state index in [-0.39, 0.29) is 5.56 Å². The molecule has 0 atom stereocenters. The number of carbonyl (C=O) groups is 1. The van der Waals surface area contributed by atoms with E-state index in [4.69, 9.17) is 4.74 Å². The summed E-state index contributed by atoms with van der Waals surface area (Å²) < 4.78 is 5.33. The number of phenols is 1. The molecule has 0 heterocycles. The summed E-state index contributed by atoms with van der Waals surface area (Å²) in [4.78, 5) is 25.9. The van der Waals surface area contributed by atoms with Crippen LogP contribution < -0.4 is 0 Å². The fraction of sp³-hybridized carbons (Fsp3) is 0.125. The van der Waals surface area contributed by atoms with Crippen LogP contribution in [0.2, 0.25) is 0 Å². The molecule has 0 unspecified atom stereocenters. The Morgan fingerprint density at radius 3 is 2.62 bits per heavy atom. The molecule has 2 rings (SSSR count). The van der Waals surface area contributed by atoms with Crippen molar-refractivity contribution in [2.75, 3.05) is 6.61 Å². The molecule has 2 aromatic rings. The third-order valence-corrected chi connectivity index (χ3v) is 3.47. The van der Waals surface area contributed by atoms with Crippen LogP contribution in [0, 0.1) is 10.1 Å². The fourth-order valence-electron chi connectivity index (χ4n) is 1.89. The van der Waals surface area contributed by atoms with Crippen molar-refractivity contribution >= 4 is 39.5 Å². The Kier molecular flexibility index (Phi) is 5.64. The molecule has 0 saturated heterocycles. The van der Waals surface area contributed by atoms with Crippen LogP contribution in [0.15, 0.2) is 45.9 Å². The summed E-state index contributed by atoms with van der Waals surface area (Å²) in [6.45, 7) is 2.01. The zero-order chi connectivity index (χ0) is 17.7. The predicted molar refractivity (Wildman–Crippen MR) is 92.1 cm³/mol. The second-order valence-corrected chi connectivity index (χ2v) is 5.56. The molecule has 0 fully saturated rings. The number of rotatable bonds is 5. The number of halogens is 1. The van der Waals surface area contributed by atoms with Gasteiger partial charge in [-0.3, -0.25) is 15.1 Å². The number of phenolic OH excluding ortho intramolecular Hbond substituents is 1. The highest BCUT2D eigenvalue weighted by atomic mass is 79.9. The molecule has 0 spiro atoms. The molecular weight excluding hydrogens is 380 g/mol. The van der Waals surface area contributed by atoms with Gasteiger partial charge in [-0.05, 0) is 37.3 Å². The van der Waals surface area contributed by atoms with E-state index in [1.807, 2.05) is 0 Å². The Bertz CT molecular complexity index is 803. The van der Waals surface area contributed by atoms with Gasteiger partial charge in [0.2, 0.25) is 5.75 Å². The Balaban J connectivity index is 2.25. The number of nitro benzene ring substituents is 1. The van der Waals surface area contributed by atoms with Gasteiger partial charge in [0.05, 0.1) is 22.8 Å². The Labute approximate surface area is 145 Å². The normalized spacial score (nSPS) is 10.8. The topological polar surface area (TPSA) is 102 Å². The summed E-state index contributed by atoms with van der Waals surface area (Å²) in [5.41, 5.74) is 0.704. The van der Waals surface area contributed by atoms with Gasteiger partial charge in [-0.1, -0.05) is 15.9 Å². The number of hydrogen-bond acceptors (Lipinski definition) is 6. The molecule has 24 heavy (non-hydrogen) atoms. The van der Waals surface area contributed by atoms with E-state index in [2.05, 4.69) is 20.9 Å². The van der Waals surface area contributed by atoms with Gasteiger partial charge in [0.25, 0.3) is 0 Å². The summed E-state index contributed by atoms with van der Waals surface area (Å²) in [7, 11) is 0. The van der Waals surface area contributed by atoms with Crippen molar-refractivity contribution in [3.8, 4) is 5.75 Å². The molecule has 124 valence electrons. The summed E-state index contributed by atoms with van der Waals surface area (Å²) in [6.07, 6.45) is 1.31. The lowest BCUT2D eigenvalue weighted by Gasteiger charge is -2.03. The van der Waals surface area contributed by atoms with E-state index in [1.54, 1.807) is 31.2 Å². The van der Waals surface area contributed by atoms with Crippen molar-refractivity contribution in [3.05, 3.63) is 62.1 Å². The lowest BCUT2D eigenvalue weighted by Crippen LogP contribution is -2.03. The molecule has 1 N–H and O–H groups in total. The first-order chi connectivity index (χ1) is 11.4. The number of aliphatic imine (C=N–C) groups is 1. The molecule has 0 saturated carbocycles. The molecule has 0 aliphatic heterocycles. The number of hydrogen-bond donors (Lipinski definition) is 1. The Morgan fingerprint density at radius 1 is 1.38 bits per heavy atom. The lowest BCUT2D eigenvalue weighted by atomic mass is 10.2. The maximum atomic E-state index is 11.6. The number of aromatic hydroxyl groups is 1. The van der Waals surface area contributed by atoms with Crippen LogP contribution in [-0.2, 0) is 4.74 Å². The average Bonchev–Trinajstić information content (AvgIpc) is 2.55. The van der Waals surface area contributed by atoms with Crippen LogP contribution in [0.25, 0.3) is 0 Å². The van der Waals surface area contributed by atoms with E-state index in [0.717, 1.165) is 0 Å². The number of esters is 1. The summed E-state index contributed by atoms with van der Waals surface area (Å²) in [6, 6.07) is 9.06. The number of nitro groups is 1. The quantitative estimate of drug-likeness (QED) is 0.358. The maximum Gasteiger partial charge on any atom is 0.338 e. The first-order valence-corrected chi connectivity index (χ1v) is 7.69. The summed E-state index contributed by atoms with van der Waals surface area (Å²) in [5.74, 6) is -0.886. The number of carbonyl (C=O) groups excluding carboxylic acids is 1. The first kappa shape index (κ1) is 17.6. The lowest BCUT2D eigenvalue weighted by molar-refractivity contribution is -0.385. The van der Waals surface area contributed by atoms with Gasteiger partial charge in [0.1, 0.15) is 0 Å². The van der Waals surface area contributed by atoms with E-state index in [9.17, 15) is 20.0 Å². The number of nitrogens with zero attached hydrogens (tertiary/aromatic N) is 2. The zero-order valence-corrected chi connectivity index (χ0v) is 14.2. The van der Waals surface area contributed by atoms with Crippen LogP contribution in [0.4, 0.5) is 11.4 Å². The number of benzene rings is 2. The van der Waals surface area contributed by atoms with Gasteiger partial charge in [0, 0.05) is 22.3 Å². The molecule has 8 heteroatoms. The molecule has 0 aliphatic carbocycles. The van der Waals surface area contributed by atoms with Crippen molar-refractivity contribution in [3.63, 3.8) is 0 Å². The Morgan fingerprint density at radius 2 is 2.04 bits per heavy atom. The third-order valence-electron chi connectivity index (χ3n) is 3.01. The standard InChI is InChI=1S/C16H13BrN2O5/c1-2-24-16(21)10-3-5-13(6-4-10)18-9-11-7-12(17)8-14(15(11)20)19(22)23/h3-9,20H,2H2,1H3/b18-9+. The second-order valence-electron chi connectivity index (χ2n) is 4.65. The molecule has 0 aromatic heterocycles. The molecule has 0 aliphatic rings. The minimum atomic E-state index is -0.675. The van der Waals surface area contributed by atoms with E-state index < -0.39 is 22.3 Å². The highest BCUT2D eigenvalue weighted by Crippen LogP contribution is 2.32. The fourth-order valence-corrected chi connectivity index (χ4v) is 2.35. The molecule has 0 bridgehead atoms. The van der Waals surface area contributed by atoms with E-state index in [1.165, 1.54) is 18.3 Å². The second kappa shape index (κ2) is 7.69. The highest BCUT2D eigenvalue weighted by Gasteiger charge is 2.17.